The Bertz CT molecular complexity index is 1260. The molecule has 5 aromatic rings. The summed E-state index contributed by atoms with van der Waals surface area (Å²) in [5.74, 6) is 0. The van der Waals surface area contributed by atoms with Crippen LogP contribution in [-0.2, 0) is 4.43 Å². The summed E-state index contributed by atoms with van der Waals surface area (Å²) in [5, 5.41) is 12.2. The zero-order chi connectivity index (χ0) is 17.9. The van der Waals surface area contributed by atoms with E-state index in [1.807, 2.05) is 0 Å². The minimum Gasteiger partial charge on any atom is -0.413 e. The molecule has 2 heteroatoms. The summed E-state index contributed by atoms with van der Waals surface area (Å²) in [5.41, 5.74) is 0. The Balaban J connectivity index is 2.03. The van der Waals surface area contributed by atoms with Gasteiger partial charge in [-0.25, -0.2) is 0 Å². The second-order valence-corrected chi connectivity index (χ2v) is 11.5. The Kier molecular flexibility index (Phi) is 3.36. The van der Waals surface area contributed by atoms with Crippen LogP contribution >= 0.6 is 0 Å². The zero-order valence-electron chi connectivity index (χ0n) is 15.5. The molecule has 0 unspecified atom stereocenters. The molecule has 0 radical (unpaired) electrons. The second kappa shape index (κ2) is 5.54. The highest BCUT2D eigenvalue weighted by molar-refractivity contribution is 6.84. The highest BCUT2D eigenvalue weighted by Gasteiger charge is 2.26. The van der Waals surface area contributed by atoms with Crippen LogP contribution in [-0.4, -0.2) is 14.9 Å². The first-order valence-corrected chi connectivity index (χ1v) is 12.2. The molecule has 0 atom stereocenters. The van der Waals surface area contributed by atoms with Crippen LogP contribution < -0.4 is 5.19 Å². The lowest BCUT2D eigenvalue weighted by atomic mass is 9.90. The molecular weight excluding hydrogens is 332 g/mol. The molecule has 0 spiro atoms. The first-order chi connectivity index (χ1) is 12.6. The van der Waals surface area contributed by atoms with Gasteiger partial charge in [-0.15, -0.1) is 0 Å². The van der Waals surface area contributed by atoms with E-state index in [-0.39, 0.29) is 0 Å². The van der Waals surface area contributed by atoms with E-state index in [1.165, 1.54) is 48.3 Å². The van der Waals surface area contributed by atoms with Crippen molar-refractivity contribution in [1.29, 1.82) is 0 Å². The molecular formula is C24H22OSi. The van der Waals surface area contributed by atoms with Gasteiger partial charge in [-0.2, -0.15) is 0 Å². The number of fused-ring (bicyclic) bond motifs is 2. The molecule has 0 amide bonds. The summed E-state index contributed by atoms with van der Waals surface area (Å²) in [6.07, 6.45) is 0. The molecule has 0 bridgehead atoms. The molecule has 26 heavy (non-hydrogen) atoms. The molecule has 0 aromatic heterocycles. The second-order valence-electron chi connectivity index (χ2n) is 7.58. The summed E-state index contributed by atoms with van der Waals surface area (Å²) in [6, 6.07) is 24.8. The zero-order valence-corrected chi connectivity index (χ0v) is 16.5. The number of hydrogen-bond acceptors (Lipinski definition) is 1. The summed E-state index contributed by atoms with van der Waals surface area (Å²) >= 11 is 0. The SMILES string of the molecule is CCO[Si](C)(C)c1cc2cccc3c4cccc5cccc(c(c1)c23)c54. The lowest BCUT2D eigenvalue weighted by Gasteiger charge is -2.24. The van der Waals surface area contributed by atoms with Crippen molar-refractivity contribution in [2.24, 2.45) is 0 Å². The van der Waals surface area contributed by atoms with Gasteiger partial charge in [-0.1, -0.05) is 66.7 Å². The van der Waals surface area contributed by atoms with Crippen molar-refractivity contribution < 1.29 is 4.43 Å². The number of hydrogen-bond donors (Lipinski definition) is 0. The van der Waals surface area contributed by atoms with Gasteiger partial charge in [-0.3, -0.25) is 0 Å². The maximum atomic E-state index is 6.19. The quantitative estimate of drug-likeness (QED) is 0.213. The third-order valence-electron chi connectivity index (χ3n) is 5.66. The predicted octanol–water partition coefficient (Wildman–Crippen LogP) is 6.19. The molecule has 0 fully saturated rings. The van der Waals surface area contributed by atoms with Gasteiger partial charge in [0.05, 0.1) is 0 Å². The predicted molar refractivity (Wildman–Crippen MR) is 116 cm³/mol. The highest BCUT2D eigenvalue weighted by atomic mass is 28.4. The molecule has 128 valence electrons. The Labute approximate surface area is 154 Å². The third-order valence-corrected chi connectivity index (χ3v) is 8.35. The fourth-order valence-electron chi connectivity index (χ4n) is 4.45. The van der Waals surface area contributed by atoms with Crippen molar-refractivity contribution >= 4 is 56.6 Å². The average molecular weight is 355 g/mol. The average Bonchev–Trinajstić information content (AvgIpc) is 2.65. The molecule has 5 aromatic carbocycles. The van der Waals surface area contributed by atoms with E-state index < -0.39 is 8.32 Å². The number of rotatable bonds is 3. The maximum absolute atomic E-state index is 6.19. The van der Waals surface area contributed by atoms with E-state index in [4.69, 9.17) is 4.43 Å². The van der Waals surface area contributed by atoms with E-state index in [0.29, 0.717) is 0 Å². The van der Waals surface area contributed by atoms with Crippen molar-refractivity contribution in [2.45, 2.75) is 20.0 Å². The molecule has 0 N–H and O–H groups in total. The van der Waals surface area contributed by atoms with E-state index >= 15 is 0 Å². The smallest absolute Gasteiger partial charge is 0.218 e. The van der Waals surface area contributed by atoms with Gasteiger partial charge in [0.25, 0.3) is 0 Å². The van der Waals surface area contributed by atoms with Crippen LogP contribution in [0.15, 0.2) is 66.7 Å². The summed E-state index contributed by atoms with van der Waals surface area (Å²) in [4.78, 5) is 0. The van der Waals surface area contributed by atoms with Gasteiger partial charge < -0.3 is 4.43 Å². The maximum Gasteiger partial charge on any atom is 0.218 e. The topological polar surface area (TPSA) is 9.23 Å². The highest BCUT2D eigenvalue weighted by Crippen LogP contribution is 2.39. The Morgan fingerprint density at radius 3 is 1.85 bits per heavy atom. The van der Waals surface area contributed by atoms with Crippen molar-refractivity contribution in [2.75, 3.05) is 6.61 Å². The monoisotopic (exact) mass is 354 g/mol. The minimum atomic E-state index is -1.91. The van der Waals surface area contributed by atoms with Crippen LogP contribution in [0.5, 0.6) is 0 Å². The van der Waals surface area contributed by atoms with Crippen molar-refractivity contribution in [3.05, 3.63) is 66.7 Å². The van der Waals surface area contributed by atoms with Crippen molar-refractivity contribution in [3.8, 4) is 0 Å². The van der Waals surface area contributed by atoms with Gasteiger partial charge in [0, 0.05) is 6.61 Å². The van der Waals surface area contributed by atoms with Crippen LogP contribution in [0.3, 0.4) is 0 Å². The molecule has 0 aliphatic carbocycles. The van der Waals surface area contributed by atoms with E-state index in [9.17, 15) is 0 Å². The molecule has 0 aliphatic heterocycles. The molecule has 1 nitrogen and oxygen atoms in total. The van der Waals surface area contributed by atoms with E-state index in [1.54, 1.807) is 0 Å². The molecule has 0 aliphatic rings. The summed E-state index contributed by atoms with van der Waals surface area (Å²) in [6.45, 7) is 7.46. The van der Waals surface area contributed by atoms with Crippen LogP contribution in [0.2, 0.25) is 13.1 Å². The molecule has 0 heterocycles. The van der Waals surface area contributed by atoms with E-state index in [2.05, 4.69) is 86.7 Å². The van der Waals surface area contributed by atoms with Gasteiger partial charge in [0.15, 0.2) is 0 Å². The first-order valence-electron chi connectivity index (χ1n) is 9.34. The molecule has 5 rings (SSSR count). The molecule has 0 saturated heterocycles. The standard InChI is InChI=1S/C24H22OSi/c1-4-25-26(2,3)18-14-17-10-7-12-20-19-11-5-8-16-9-6-13-21(23(16)19)22(15-18)24(17)20/h5-15H,4H2,1-3H3. The van der Waals surface area contributed by atoms with Gasteiger partial charge >= 0.3 is 0 Å². The van der Waals surface area contributed by atoms with Gasteiger partial charge in [-0.05, 0) is 68.3 Å². The lowest BCUT2D eigenvalue weighted by Crippen LogP contribution is -2.44. The normalized spacial score (nSPS) is 12.7. The fourth-order valence-corrected chi connectivity index (χ4v) is 6.33. The van der Waals surface area contributed by atoms with Crippen LogP contribution in [0.4, 0.5) is 0 Å². The lowest BCUT2D eigenvalue weighted by molar-refractivity contribution is 0.339. The summed E-state index contributed by atoms with van der Waals surface area (Å²) in [7, 11) is -1.91. The van der Waals surface area contributed by atoms with Crippen LogP contribution in [0, 0.1) is 0 Å². The number of benzene rings is 5. The molecule has 0 saturated carbocycles. The first kappa shape index (κ1) is 15.8. The van der Waals surface area contributed by atoms with Crippen LogP contribution in [0.1, 0.15) is 6.92 Å². The minimum absolute atomic E-state index is 0.769. The fraction of sp³-hybridized carbons (Fsp3) is 0.167. The Morgan fingerprint density at radius 2 is 1.23 bits per heavy atom. The van der Waals surface area contributed by atoms with Gasteiger partial charge in [0.2, 0.25) is 8.32 Å². The van der Waals surface area contributed by atoms with Crippen molar-refractivity contribution in [1.82, 2.24) is 0 Å². The third kappa shape index (κ3) is 2.12. The Morgan fingerprint density at radius 1 is 0.692 bits per heavy atom. The Hall–Kier alpha value is -2.42. The van der Waals surface area contributed by atoms with Gasteiger partial charge in [0.1, 0.15) is 0 Å². The summed E-state index contributed by atoms with van der Waals surface area (Å²) < 4.78 is 6.19. The van der Waals surface area contributed by atoms with Crippen molar-refractivity contribution in [3.63, 3.8) is 0 Å². The van der Waals surface area contributed by atoms with Crippen LogP contribution in [0.25, 0.3) is 43.1 Å². The van der Waals surface area contributed by atoms with E-state index in [0.717, 1.165) is 6.61 Å². The largest absolute Gasteiger partial charge is 0.413 e.